The van der Waals surface area contributed by atoms with Gasteiger partial charge in [-0.05, 0) is 71.5 Å². The Morgan fingerprint density at radius 2 is 1.53 bits per heavy atom. The smallest absolute Gasteiger partial charge is 0.220 e. The lowest BCUT2D eigenvalue weighted by Gasteiger charge is -2.42. The number of aromatic nitrogens is 1. The van der Waals surface area contributed by atoms with E-state index >= 15 is 0 Å². The summed E-state index contributed by atoms with van der Waals surface area (Å²) >= 11 is 0. The summed E-state index contributed by atoms with van der Waals surface area (Å²) in [5.74, 6) is 0. The van der Waals surface area contributed by atoms with Gasteiger partial charge in [-0.25, -0.2) is 4.57 Å². The molecule has 0 radical (unpaired) electrons. The normalized spacial score (nSPS) is 18.6. The quantitative estimate of drug-likeness (QED) is 0.235. The summed E-state index contributed by atoms with van der Waals surface area (Å²) in [5.41, 5.74) is 7.13. The highest BCUT2D eigenvalue weighted by Gasteiger charge is 2.44. The third-order valence-corrected chi connectivity index (χ3v) is 8.11. The van der Waals surface area contributed by atoms with Crippen molar-refractivity contribution in [3.8, 4) is 11.3 Å². The van der Waals surface area contributed by atoms with Crippen LogP contribution in [0, 0.1) is 13.8 Å². The highest BCUT2D eigenvalue weighted by Crippen LogP contribution is 2.51. The van der Waals surface area contributed by atoms with E-state index in [1.165, 1.54) is 5.39 Å². The van der Waals surface area contributed by atoms with Crippen LogP contribution >= 0.6 is 0 Å². The zero-order valence-electron chi connectivity index (χ0n) is 24.0. The first-order valence-corrected chi connectivity index (χ1v) is 12.2. The molecule has 0 unspecified atom stereocenters. The average molecular weight is 452 g/mol. The molecule has 0 N–H and O–H groups in total. The van der Waals surface area contributed by atoms with E-state index in [2.05, 4.69) is 83.1 Å². The Labute approximate surface area is 206 Å². The monoisotopic (exact) mass is 451 g/mol. The van der Waals surface area contributed by atoms with Crippen LogP contribution in [-0.2, 0) is 17.9 Å². The van der Waals surface area contributed by atoms with Crippen molar-refractivity contribution in [3.05, 3.63) is 77.0 Å². The van der Waals surface area contributed by atoms with Crippen LogP contribution in [0.1, 0.15) is 66.9 Å². The van der Waals surface area contributed by atoms with Gasteiger partial charge in [0.1, 0.15) is 18.2 Å². The van der Waals surface area contributed by atoms with Crippen LogP contribution < -0.4 is 4.57 Å². The number of furan rings is 1. The van der Waals surface area contributed by atoms with Gasteiger partial charge in [-0.15, -0.1) is 0 Å². The van der Waals surface area contributed by atoms with Crippen molar-refractivity contribution in [3.63, 3.8) is 0 Å². The Kier molecular flexibility index (Phi) is 3.72. The topological polar surface area (TPSA) is 17.0 Å². The van der Waals surface area contributed by atoms with Gasteiger partial charge in [0.25, 0.3) is 0 Å². The van der Waals surface area contributed by atoms with Gasteiger partial charge < -0.3 is 4.42 Å². The maximum Gasteiger partial charge on any atom is 0.220 e. The fraction of sp³-hybridized carbons (Fsp3) is 0.344. The first kappa shape index (κ1) is 18.2. The summed E-state index contributed by atoms with van der Waals surface area (Å²) in [5, 5.41) is 4.53. The van der Waals surface area contributed by atoms with Gasteiger partial charge in [0.15, 0.2) is 6.20 Å². The van der Waals surface area contributed by atoms with Gasteiger partial charge >= 0.3 is 0 Å². The summed E-state index contributed by atoms with van der Waals surface area (Å²) < 4.78 is 33.9. The minimum absolute atomic E-state index is 0.186. The van der Waals surface area contributed by atoms with Gasteiger partial charge in [0.2, 0.25) is 5.69 Å². The van der Waals surface area contributed by atoms with Crippen molar-refractivity contribution in [2.75, 3.05) is 0 Å². The second-order valence-electron chi connectivity index (χ2n) is 11.5. The molecular formula is C32H34NO+. The molecule has 2 aromatic heterocycles. The number of fused-ring (bicyclic) bond motifs is 5. The van der Waals surface area contributed by atoms with E-state index in [0.717, 1.165) is 68.1 Å². The molecule has 0 fully saturated rings. The first-order chi connectivity index (χ1) is 17.3. The Morgan fingerprint density at radius 1 is 0.853 bits per heavy atom. The number of hydrogen-bond donors (Lipinski definition) is 0. The molecule has 0 aliphatic heterocycles. The molecule has 0 saturated carbocycles. The van der Waals surface area contributed by atoms with Crippen LogP contribution in [-0.4, -0.2) is 0 Å². The Morgan fingerprint density at radius 3 is 2.24 bits per heavy atom. The maximum absolute atomic E-state index is 8.41. The van der Waals surface area contributed by atoms with E-state index in [1.807, 2.05) is 17.8 Å². The van der Waals surface area contributed by atoms with E-state index < -0.39 is 6.85 Å². The van der Waals surface area contributed by atoms with Gasteiger partial charge in [-0.3, -0.25) is 0 Å². The lowest BCUT2D eigenvalue weighted by Crippen LogP contribution is -2.42. The maximum atomic E-state index is 8.41. The van der Waals surface area contributed by atoms with Crippen LogP contribution in [0.3, 0.4) is 0 Å². The fourth-order valence-electron chi connectivity index (χ4n) is 6.21. The number of aryl methyl sites for hydroxylation is 3. The lowest BCUT2D eigenvalue weighted by molar-refractivity contribution is -0.661. The first-order valence-electron chi connectivity index (χ1n) is 13.7. The van der Waals surface area contributed by atoms with Crippen molar-refractivity contribution < 1.29 is 13.1 Å². The predicted octanol–water partition coefficient (Wildman–Crippen LogP) is 8.20. The van der Waals surface area contributed by atoms with E-state index in [1.54, 1.807) is 0 Å². The molecule has 0 saturated heterocycles. The standard InChI is InChI=1S/C32H34NO/c1-19-12-13-23-24-16-21-10-8-9-11-22(21)17-25(24)34-30(23)26(19)29-28-27(20(2)18-33(29)7)31(3,4)14-15-32(28,5)6/h8-13,16-18H,14-15H2,1-7H3/q+1/i2D3. The third-order valence-electron chi connectivity index (χ3n) is 8.11. The molecule has 2 nitrogen and oxygen atoms in total. The van der Waals surface area contributed by atoms with Crippen LogP contribution in [0.2, 0.25) is 0 Å². The van der Waals surface area contributed by atoms with Crippen molar-refractivity contribution in [1.82, 2.24) is 0 Å². The highest BCUT2D eigenvalue weighted by atomic mass is 16.3. The lowest BCUT2D eigenvalue weighted by atomic mass is 9.61. The second kappa shape index (κ2) is 6.95. The third kappa shape index (κ3) is 2.90. The molecule has 2 heteroatoms. The van der Waals surface area contributed by atoms with Gasteiger partial charge in [0.05, 0.1) is 5.56 Å². The summed E-state index contributed by atoms with van der Waals surface area (Å²) in [4.78, 5) is 0. The molecule has 6 rings (SSSR count). The minimum Gasteiger partial charge on any atom is -0.455 e. The molecule has 0 amide bonds. The van der Waals surface area contributed by atoms with E-state index in [0.29, 0.717) is 5.56 Å². The number of benzene rings is 3. The van der Waals surface area contributed by atoms with Crippen molar-refractivity contribution in [2.45, 2.75) is 65.1 Å². The molecule has 172 valence electrons. The van der Waals surface area contributed by atoms with Gasteiger partial charge in [-0.1, -0.05) is 64.1 Å². The van der Waals surface area contributed by atoms with Crippen LogP contribution in [0.15, 0.2) is 59.1 Å². The average Bonchev–Trinajstić information content (AvgIpc) is 3.17. The minimum atomic E-state index is -2.19. The molecule has 5 aromatic rings. The Bertz CT molecular complexity index is 1740. The molecule has 0 atom stereocenters. The Hall–Kier alpha value is -3.13. The number of pyridine rings is 1. The molecule has 1 aliphatic rings. The molecule has 0 bridgehead atoms. The molecule has 2 heterocycles. The number of hydrogen-bond acceptors (Lipinski definition) is 1. The van der Waals surface area contributed by atoms with E-state index in [-0.39, 0.29) is 10.8 Å². The van der Waals surface area contributed by atoms with Crippen LogP contribution in [0.4, 0.5) is 0 Å². The molecule has 0 spiro atoms. The van der Waals surface area contributed by atoms with Crippen molar-refractivity contribution in [2.24, 2.45) is 7.05 Å². The number of rotatable bonds is 1. The molecule has 3 aromatic carbocycles. The van der Waals surface area contributed by atoms with Gasteiger partial charge in [0, 0.05) is 26.0 Å². The van der Waals surface area contributed by atoms with Crippen LogP contribution in [0.5, 0.6) is 0 Å². The second-order valence-corrected chi connectivity index (χ2v) is 11.5. The zero-order valence-corrected chi connectivity index (χ0v) is 21.0. The zero-order chi connectivity index (χ0) is 26.5. The summed E-state index contributed by atoms with van der Waals surface area (Å²) in [6, 6.07) is 17.0. The van der Waals surface area contributed by atoms with Crippen LogP contribution in [0.25, 0.3) is 44.0 Å². The van der Waals surface area contributed by atoms with Crippen molar-refractivity contribution in [1.29, 1.82) is 0 Å². The highest BCUT2D eigenvalue weighted by molar-refractivity contribution is 6.13. The largest absolute Gasteiger partial charge is 0.455 e. The Balaban J connectivity index is 1.78. The summed E-state index contributed by atoms with van der Waals surface area (Å²) in [7, 11) is 1.98. The summed E-state index contributed by atoms with van der Waals surface area (Å²) in [6.45, 7) is 8.85. The van der Waals surface area contributed by atoms with Gasteiger partial charge in [-0.2, -0.15) is 0 Å². The predicted molar refractivity (Wildman–Crippen MR) is 143 cm³/mol. The summed E-state index contributed by atoms with van der Waals surface area (Å²) in [6.07, 6.45) is 3.79. The number of nitrogens with zero attached hydrogens (tertiary/aromatic N) is 1. The molecular weight excluding hydrogens is 414 g/mol. The van der Waals surface area contributed by atoms with E-state index in [4.69, 9.17) is 8.53 Å². The molecule has 1 aliphatic carbocycles. The SMILES string of the molecule is [2H]C([2H])([2H])c1c[n+](C)c(-c2c(C)ccc3c2oc2cc4ccccc4cc23)c2c1C(C)(C)CCC2(C)C. The fourth-order valence-corrected chi connectivity index (χ4v) is 6.21. The molecule has 34 heavy (non-hydrogen) atoms. The van der Waals surface area contributed by atoms with E-state index in [9.17, 15) is 0 Å². The van der Waals surface area contributed by atoms with Crippen molar-refractivity contribution >= 4 is 32.7 Å².